The summed E-state index contributed by atoms with van der Waals surface area (Å²) < 4.78 is 17.9. The highest BCUT2D eigenvalue weighted by Gasteiger charge is 2.26. The van der Waals surface area contributed by atoms with Crippen LogP contribution in [0.3, 0.4) is 0 Å². The van der Waals surface area contributed by atoms with Gasteiger partial charge in [-0.1, -0.05) is 18.2 Å². The molecule has 2 heterocycles. The number of aromatic nitrogens is 1. The van der Waals surface area contributed by atoms with Crippen molar-refractivity contribution in [3.8, 4) is 5.75 Å². The van der Waals surface area contributed by atoms with Gasteiger partial charge in [0.05, 0.1) is 17.6 Å². The zero-order valence-corrected chi connectivity index (χ0v) is 13.6. The molecule has 0 amide bonds. The smallest absolute Gasteiger partial charge is 0.141 e. The van der Waals surface area contributed by atoms with E-state index in [1.54, 1.807) is 37.0 Å². The van der Waals surface area contributed by atoms with Crippen LogP contribution >= 0.6 is 11.8 Å². The first-order chi connectivity index (χ1) is 10.6. The summed E-state index contributed by atoms with van der Waals surface area (Å²) in [5.74, 6) is 0.757. The van der Waals surface area contributed by atoms with Crippen molar-refractivity contribution < 1.29 is 9.13 Å². The lowest BCUT2D eigenvalue weighted by molar-refractivity contribution is 0.309. The fourth-order valence-corrected chi connectivity index (χ4v) is 3.12. The third kappa shape index (κ3) is 4.21. The summed E-state index contributed by atoms with van der Waals surface area (Å²) >= 11 is 1.74. The van der Waals surface area contributed by atoms with E-state index in [0.717, 1.165) is 17.9 Å². The fraction of sp³-hybridized carbons (Fsp3) is 0.353. The number of hydrogen-bond donors (Lipinski definition) is 1. The third-order valence-electron chi connectivity index (χ3n) is 3.50. The second kappa shape index (κ2) is 8.15. The van der Waals surface area contributed by atoms with Gasteiger partial charge in [-0.3, -0.25) is 4.98 Å². The Balaban J connectivity index is 0.000000188. The Bertz CT molecular complexity index is 588. The van der Waals surface area contributed by atoms with Crippen LogP contribution in [0.1, 0.15) is 22.9 Å². The van der Waals surface area contributed by atoms with Crippen LogP contribution < -0.4 is 10.5 Å². The SMILES string of the molecule is CSC1c2ncccc2OCCC1N.Cc1ccccc1F. The zero-order valence-electron chi connectivity index (χ0n) is 12.8. The number of nitrogens with two attached hydrogens (primary N) is 1. The summed E-state index contributed by atoms with van der Waals surface area (Å²) in [6.45, 7) is 2.44. The summed E-state index contributed by atoms with van der Waals surface area (Å²) in [7, 11) is 0. The lowest BCUT2D eigenvalue weighted by Crippen LogP contribution is -2.26. The van der Waals surface area contributed by atoms with Crippen molar-refractivity contribution in [2.24, 2.45) is 5.73 Å². The molecular weight excluding hydrogens is 299 g/mol. The van der Waals surface area contributed by atoms with E-state index in [4.69, 9.17) is 10.5 Å². The molecule has 1 aliphatic rings. The molecule has 118 valence electrons. The topological polar surface area (TPSA) is 48.1 Å². The maximum Gasteiger partial charge on any atom is 0.141 e. The normalized spacial score (nSPS) is 20.0. The van der Waals surface area contributed by atoms with Gasteiger partial charge in [0, 0.05) is 12.2 Å². The molecular formula is C17H21FN2OS. The lowest BCUT2D eigenvalue weighted by atomic mass is 10.1. The molecule has 0 aliphatic carbocycles. The van der Waals surface area contributed by atoms with Crippen LogP contribution in [-0.4, -0.2) is 23.9 Å². The monoisotopic (exact) mass is 320 g/mol. The highest BCUT2D eigenvalue weighted by molar-refractivity contribution is 7.98. The molecule has 2 N–H and O–H groups in total. The number of pyridine rings is 1. The fourth-order valence-electron chi connectivity index (χ4n) is 2.24. The van der Waals surface area contributed by atoms with E-state index in [2.05, 4.69) is 11.2 Å². The molecule has 2 atom stereocenters. The van der Waals surface area contributed by atoms with Gasteiger partial charge in [0.15, 0.2) is 0 Å². The van der Waals surface area contributed by atoms with E-state index in [1.807, 2.05) is 18.2 Å². The average Bonchev–Trinajstić information content (AvgIpc) is 2.69. The minimum atomic E-state index is -0.132. The van der Waals surface area contributed by atoms with Crippen molar-refractivity contribution in [3.05, 3.63) is 59.7 Å². The Morgan fingerprint density at radius 2 is 2.05 bits per heavy atom. The Morgan fingerprint density at radius 3 is 2.68 bits per heavy atom. The molecule has 2 unspecified atom stereocenters. The summed E-state index contributed by atoms with van der Waals surface area (Å²) in [5, 5.41) is 0.258. The van der Waals surface area contributed by atoms with Crippen LogP contribution in [0.15, 0.2) is 42.6 Å². The second-order valence-corrected chi connectivity index (χ2v) is 6.07. The van der Waals surface area contributed by atoms with Crippen molar-refractivity contribution in [3.63, 3.8) is 0 Å². The van der Waals surface area contributed by atoms with Crippen molar-refractivity contribution in [1.82, 2.24) is 4.98 Å². The van der Waals surface area contributed by atoms with Gasteiger partial charge in [-0.15, -0.1) is 0 Å². The van der Waals surface area contributed by atoms with E-state index in [9.17, 15) is 4.39 Å². The average molecular weight is 320 g/mol. The zero-order chi connectivity index (χ0) is 15.9. The van der Waals surface area contributed by atoms with Gasteiger partial charge in [0.25, 0.3) is 0 Å². The Morgan fingerprint density at radius 1 is 1.27 bits per heavy atom. The van der Waals surface area contributed by atoms with E-state index in [0.29, 0.717) is 12.2 Å². The van der Waals surface area contributed by atoms with Gasteiger partial charge >= 0.3 is 0 Å². The first-order valence-corrected chi connectivity index (χ1v) is 8.49. The molecule has 0 bridgehead atoms. The molecule has 0 saturated carbocycles. The molecule has 22 heavy (non-hydrogen) atoms. The first kappa shape index (κ1) is 16.8. The Hall–Kier alpha value is -1.59. The van der Waals surface area contributed by atoms with Gasteiger partial charge in [-0.2, -0.15) is 11.8 Å². The third-order valence-corrected chi connectivity index (χ3v) is 4.58. The number of thioether (sulfide) groups is 1. The first-order valence-electron chi connectivity index (χ1n) is 7.20. The van der Waals surface area contributed by atoms with Crippen LogP contribution in [0.25, 0.3) is 0 Å². The Kier molecular flexibility index (Phi) is 6.21. The van der Waals surface area contributed by atoms with Crippen molar-refractivity contribution in [2.75, 3.05) is 12.9 Å². The molecule has 1 aliphatic heterocycles. The van der Waals surface area contributed by atoms with Crippen LogP contribution in [0, 0.1) is 12.7 Å². The van der Waals surface area contributed by atoms with Crippen LogP contribution in [-0.2, 0) is 0 Å². The number of nitrogens with zero attached hydrogens (tertiary/aromatic N) is 1. The molecule has 2 aromatic rings. The molecule has 1 aromatic heterocycles. The number of aryl methyl sites for hydroxylation is 1. The van der Waals surface area contributed by atoms with Crippen molar-refractivity contribution in [2.45, 2.75) is 24.6 Å². The molecule has 3 nitrogen and oxygen atoms in total. The molecule has 0 fully saturated rings. The van der Waals surface area contributed by atoms with Gasteiger partial charge < -0.3 is 10.5 Å². The number of hydrogen-bond acceptors (Lipinski definition) is 4. The maximum atomic E-state index is 12.3. The van der Waals surface area contributed by atoms with Crippen molar-refractivity contribution in [1.29, 1.82) is 0 Å². The predicted octanol–water partition coefficient (Wildman–Crippen LogP) is 3.73. The van der Waals surface area contributed by atoms with Crippen LogP contribution in [0.4, 0.5) is 4.39 Å². The standard InChI is InChI=1S/C10H14N2OS.C7H7F/c1-14-10-7(11)4-6-13-8-3-2-5-12-9(8)10;1-6-4-2-3-5-7(6)8/h2-3,5,7,10H,4,6,11H2,1H3;2-5H,1H3. The summed E-state index contributed by atoms with van der Waals surface area (Å²) in [6, 6.07) is 10.7. The lowest BCUT2D eigenvalue weighted by Gasteiger charge is -2.18. The predicted molar refractivity (Wildman–Crippen MR) is 89.7 cm³/mol. The number of rotatable bonds is 1. The number of fused-ring (bicyclic) bond motifs is 1. The summed E-state index contributed by atoms with van der Waals surface area (Å²) in [4.78, 5) is 4.36. The summed E-state index contributed by atoms with van der Waals surface area (Å²) in [5.41, 5.74) is 7.76. The molecule has 0 radical (unpaired) electrons. The summed E-state index contributed by atoms with van der Waals surface area (Å²) in [6.07, 6.45) is 4.75. The number of ether oxygens (including phenoxy) is 1. The van der Waals surface area contributed by atoms with Crippen molar-refractivity contribution >= 4 is 11.8 Å². The second-order valence-electron chi connectivity index (χ2n) is 5.09. The number of halogens is 1. The highest BCUT2D eigenvalue weighted by Crippen LogP contribution is 2.36. The Labute approximate surface area is 135 Å². The van der Waals surface area contributed by atoms with Gasteiger partial charge in [-0.05, 0) is 43.4 Å². The maximum absolute atomic E-state index is 12.3. The highest BCUT2D eigenvalue weighted by atomic mass is 32.2. The number of benzene rings is 1. The van der Waals surface area contributed by atoms with E-state index in [1.165, 1.54) is 6.07 Å². The van der Waals surface area contributed by atoms with E-state index in [-0.39, 0.29) is 17.1 Å². The van der Waals surface area contributed by atoms with Gasteiger partial charge in [0.1, 0.15) is 11.6 Å². The minimum Gasteiger partial charge on any atom is -0.492 e. The largest absolute Gasteiger partial charge is 0.492 e. The molecule has 3 rings (SSSR count). The molecule has 5 heteroatoms. The van der Waals surface area contributed by atoms with Crippen LogP contribution in [0.2, 0.25) is 0 Å². The quantitative estimate of drug-likeness (QED) is 0.870. The van der Waals surface area contributed by atoms with E-state index < -0.39 is 0 Å². The van der Waals surface area contributed by atoms with Gasteiger partial charge in [-0.25, -0.2) is 4.39 Å². The minimum absolute atomic E-state index is 0.132. The molecule has 0 saturated heterocycles. The van der Waals surface area contributed by atoms with Gasteiger partial charge in [0.2, 0.25) is 0 Å². The van der Waals surface area contributed by atoms with E-state index >= 15 is 0 Å². The molecule has 1 aromatic carbocycles. The van der Waals surface area contributed by atoms with Crippen LogP contribution in [0.5, 0.6) is 5.75 Å². The molecule has 0 spiro atoms.